The van der Waals surface area contributed by atoms with Crippen molar-refractivity contribution in [2.75, 3.05) is 11.9 Å². The minimum Gasteiger partial charge on any atom is -0.372 e. The Labute approximate surface area is 108 Å². The Balaban J connectivity index is 2.92. The fourth-order valence-corrected chi connectivity index (χ4v) is 2.09. The lowest BCUT2D eigenvalue weighted by Crippen LogP contribution is -2.33. The fourth-order valence-electron chi connectivity index (χ4n) is 1.55. The molecule has 0 aliphatic carbocycles. The Morgan fingerprint density at radius 1 is 1.25 bits per heavy atom. The minimum atomic E-state index is 0.461. The van der Waals surface area contributed by atoms with Crippen LogP contribution in [0, 0.1) is 5.92 Å². The first-order valence-electron chi connectivity index (χ1n) is 5.54. The zero-order valence-electron chi connectivity index (χ0n) is 10.3. The van der Waals surface area contributed by atoms with Gasteiger partial charge in [0.25, 0.3) is 0 Å². The molecule has 0 aliphatic rings. The van der Waals surface area contributed by atoms with Gasteiger partial charge in [-0.1, -0.05) is 31.5 Å². The third kappa shape index (κ3) is 3.05. The predicted octanol–water partition coefficient (Wildman–Crippen LogP) is 4.56. The van der Waals surface area contributed by atoms with Gasteiger partial charge >= 0.3 is 0 Å². The molecule has 1 unspecified atom stereocenters. The van der Waals surface area contributed by atoms with E-state index in [1.165, 1.54) is 0 Å². The van der Waals surface area contributed by atoms with Crippen LogP contribution in [-0.4, -0.2) is 13.1 Å². The van der Waals surface area contributed by atoms with Crippen molar-refractivity contribution < 1.29 is 0 Å². The van der Waals surface area contributed by atoms with Gasteiger partial charge in [0.05, 0.1) is 0 Å². The van der Waals surface area contributed by atoms with Crippen molar-refractivity contribution in [3.05, 3.63) is 28.8 Å². The lowest BCUT2D eigenvalue weighted by atomic mass is 10.0. The van der Waals surface area contributed by atoms with Gasteiger partial charge in [0.2, 0.25) is 0 Å². The summed E-state index contributed by atoms with van der Waals surface area (Å²) < 4.78 is 0. The van der Waals surface area contributed by atoms with Crippen molar-refractivity contribution in [2.24, 2.45) is 5.92 Å². The maximum absolute atomic E-state index is 6.15. The molecule has 90 valence electrons. The summed E-state index contributed by atoms with van der Waals surface area (Å²) in [5.41, 5.74) is 2.12. The van der Waals surface area contributed by atoms with Gasteiger partial charge in [0.15, 0.2) is 0 Å². The topological polar surface area (TPSA) is 3.24 Å². The minimum absolute atomic E-state index is 0.461. The van der Waals surface area contributed by atoms with E-state index in [9.17, 15) is 0 Å². The maximum atomic E-state index is 6.15. The van der Waals surface area contributed by atoms with Crippen LogP contribution in [0.3, 0.4) is 0 Å². The van der Waals surface area contributed by atoms with Gasteiger partial charge < -0.3 is 4.90 Å². The van der Waals surface area contributed by atoms with Crippen molar-refractivity contribution in [3.8, 4) is 0 Å². The number of anilines is 1. The normalized spacial score (nSPS) is 12.9. The number of alkyl halides is 1. The largest absolute Gasteiger partial charge is 0.372 e. The molecule has 0 saturated carbocycles. The van der Waals surface area contributed by atoms with E-state index in [-0.39, 0.29) is 0 Å². The number of nitrogens with zero attached hydrogens (tertiary/aromatic N) is 1. The number of hydrogen-bond acceptors (Lipinski definition) is 1. The van der Waals surface area contributed by atoms with E-state index in [1.54, 1.807) is 0 Å². The van der Waals surface area contributed by atoms with E-state index in [0.29, 0.717) is 17.8 Å². The second-order valence-electron chi connectivity index (χ2n) is 4.50. The highest BCUT2D eigenvalue weighted by molar-refractivity contribution is 6.32. The Kier molecular flexibility index (Phi) is 4.94. The molecule has 0 bridgehead atoms. The van der Waals surface area contributed by atoms with Gasteiger partial charge in [0, 0.05) is 29.7 Å². The van der Waals surface area contributed by atoms with Crippen LogP contribution in [0.5, 0.6) is 0 Å². The zero-order chi connectivity index (χ0) is 12.3. The van der Waals surface area contributed by atoms with Crippen LogP contribution in [0.2, 0.25) is 5.02 Å². The number of halogens is 2. The number of rotatable bonds is 4. The summed E-state index contributed by atoms with van der Waals surface area (Å²) >= 11 is 11.9. The fraction of sp³-hybridized carbons (Fsp3) is 0.538. The van der Waals surface area contributed by atoms with Gasteiger partial charge in [-0.2, -0.15) is 0 Å². The lowest BCUT2D eigenvalue weighted by molar-refractivity contribution is 0.505. The average Bonchev–Trinajstić information content (AvgIpc) is 2.26. The maximum Gasteiger partial charge on any atom is 0.0488 e. The highest BCUT2D eigenvalue weighted by Gasteiger charge is 2.14. The van der Waals surface area contributed by atoms with Gasteiger partial charge in [-0.05, 0) is 30.5 Å². The van der Waals surface area contributed by atoms with E-state index in [4.69, 9.17) is 23.2 Å². The Hall–Kier alpha value is -0.400. The summed E-state index contributed by atoms with van der Waals surface area (Å²) in [5.74, 6) is 1.07. The van der Waals surface area contributed by atoms with Crippen LogP contribution < -0.4 is 4.90 Å². The molecule has 1 aromatic carbocycles. The third-order valence-corrected chi connectivity index (χ3v) is 3.80. The van der Waals surface area contributed by atoms with E-state index >= 15 is 0 Å². The van der Waals surface area contributed by atoms with E-state index in [1.807, 2.05) is 12.1 Å². The van der Waals surface area contributed by atoms with Gasteiger partial charge in [0.1, 0.15) is 0 Å². The predicted molar refractivity (Wildman–Crippen MR) is 73.7 cm³/mol. The zero-order valence-corrected chi connectivity index (χ0v) is 11.8. The molecule has 0 radical (unpaired) electrons. The summed E-state index contributed by atoms with van der Waals surface area (Å²) in [7, 11) is 2.09. The first-order valence-corrected chi connectivity index (χ1v) is 6.45. The molecule has 0 spiro atoms. The van der Waals surface area contributed by atoms with Crippen LogP contribution in [0.15, 0.2) is 18.2 Å². The quantitative estimate of drug-likeness (QED) is 0.717. The molecule has 0 aromatic heterocycles. The molecule has 16 heavy (non-hydrogen) atoms. The molecule has 1 aromatic rings. The standard InChI is InChI=1S/C13H19Cl2N/c1-9(2)10(3)16(4)12-6-5-11(8-14)13(15)7-12/h5-7,9-10H,8H2,1-4H3. The first kappa shape index (κ1) is 13.7. The van der Waals surface area contributed by atoms with Crippen LogP contribution in [0.1, 0.15) is 26.3 Å². The van der Waals surface area contributed by atoms with Crippen molar-refractivity contribution in [2.45, 2.75) is 32.7 Å². The number of benzene rings is 1. The molecule has 0 amide bonds. The molecule has 0 saturated heterocycles. The van der Waals surface area contributed by atoms with Crippen molar-refractivity contribution in [3.63, 3.8) is 0 Å². The average molecular weight is 260 g/mol. The molecular weight excluding hydrogens is 241 g/mol. The van der Waals surface area contributed by atoms with Gasteiger partial charge in [-0.3, -0.25) is 0 Å². The van der Waals surface area contributed by atoms with Crippen molar-refractivity contribution in [1.82, 2.24) is 0 Å². The third-order valence-electron chi connectivity index (χ3n) is 3.16. The Morgan fingerprint density at radius 3 is 2.31 bits per heavy atom. The molecular formula is C13H19Cl2N. The highest BCUT2D eigenvalue weighted by atomic mass is 35.5. The van der Waals surface area contributed by atoms with E-state index in [2.05, 4.69) is 38.8 Å². The molecule has 0 fully saturated rings. The summed E-state index contributed by atoms with van der Waals surface area (Å²) in [4.78, 5) is 2.24. The Bertz CT molecular complexity index is 350. The molecule has 1 nitrogen and oxygen atoms in total. The summed E-state index contributed by atoms with van der Waals surface area (Å²) in [6, 6.07) is 6.53. The summed E-state index contributed by atoms with van der Waals surface area (Å²) in [6.07, 6.45) is 0. The second-order valence-corrected chi connectivity index (χ2v) is 5.18. The van der Waals surface area contributed by atoms with Gasteiger partial charge in [-0.25, -0.2) is 0 Å². The summed E-state index contributed by atoms with van der Waals surface area (Å²) in [5, 5.41) is 0.746. The highest BCUT2D eigenvalue weighted by Crippen LogP contribution is 2.26. The van der Waals surface area contributed by atoms with Crippen LogP contribution in [0.4, 0.5) is 5.69 Å². The molecule has 0 N–H and O–H groups in total. The molecule has 0 aliphatic heterocycles. The van der Waals surface area contributed by atoms with E-state index in [0.717, 1.165) is 16.3 Å². The van der Waals surface area contributed by atoms with Crippen molar-refractivity contribution >= 4 is 28.9 Å². The van der Waals surface area contributed by atoms with E-state index < -0.39 is 0 Å². The molecule has 3 heteroatoms. The van der Waals surface area contributed by atoms with Crippen molar-refractivity contribution in [1.29, 1.82) is 0 Å². The second kappa shape index (κ2) is 5.79. The molecule has 0 heterocycles. The van der Waals surface area contributed by atoms with Crippen LogP contribution >= 0.6 is 23.2 Å². The first-order chi connectivity index (χ1) is 7.47. The molecule has 1 atom stereocenters. The van der Waals surface area contributed by atoms with Gasteiger partial charge in [-0.15, -0.1) is 11.6 Å². The monoisotopic (exact) mass is 259 g/mol. The molecule has 1 rings (SSSR count). The SMILES string of the molecule is CC(C)C(C)N(C)c1ccc(CCl)c(Cl)c1. The lowest BCUT2D eigenvalue weighted by Gasteiger charge is -2.30. The van der Waals surface area contributed by atoms with Crippen LogP contribution in [-0.2, 0) is 5.88 Å². The smallest absolute Gasteiger partial charge is 0.0488 e. The number of hydrogen-bond donors (Lipinski definition) is 0. The Morgan fingerprint density at radius 2 is 1.88 bits per heavy atom. The summed E-state index contributed by atoms with van der Waals surface area (Å²) in [6.45, 7) is 6.65. The van der Waals surface area contributed by atoms with Crippen LogP contribution in [0.25, 0.3) is 0 Å².